The lowest BCUT2D eigenvalue weighted by Crippen LogP contribution is -2.13. The van der Waals surface area contributed by atoms with Crippen LogP contribution in [0.15, 0.2) is 53.2 Å². The van der Waals surface area contributed by atoms with Gasteiger partial charge < -0.3 is 10.3 Å². The van der Waals surface area contributed by atoms with E-state index in [1.165, 1.54) is 0 Å². The largest absolute Gasteiger partial charge is 0.337 e. The molecule has 0 radical (unpaired) electrons. The van der Waals surface area contributed by atoms with Gasteiger partial charge in [0.25, 0.3) is 0 Å². The van der Waals surface area contributed by atoms with Gasteiger partial charge in [-0.15, -0.1) is 0 Å². The van der Waals surface area contributed by atoms with Gasteiger partial charge in [0.15, 0.2) is 0 Å². The minimum Gasteiger partial charge on any atom is -0.337 e. The summed E-state index contributed by atoms with van der Waals surface area (Å²) in [6.45, 7) is 1.99. The Hall–Kier alpha value is -2.53. The van der Waals surface area contributed by atoms with E-state index >= 15 is 0 Å². The number of rotatable bonds is 4. The van der Waals surface area contributed by atoms with Crippen molar-refractivity contribution in [1.82, 2.24) is 15.1 Å². The number of benzene rings is 1. The first-order valence-electron chi connectivity index (χ1n) is 6.78. The molecule has 0 fully saturated rings. The number of nitrogens with two attached hydrogens (primary N) is 1. The number of aryl methyl sites for hydroxylation is 1. The molecule has 3 aromatic rings. The summed E-state index contributed by atoms with van der Waals surface area (Å²) in [5.74, 6) is 0.898. The molecule has 106 valence electrons. The molecule has 1 aromatic carbocycles. The monoisotopic (exact) mass is 280 g/mol. The fourth-order valence-electron chi connectivity index (χ4n) is 2.10. The van der Waals surface area contributed by atoms with Gasteiger partial charge in [0.1, 0.15) is 5.69 Å². The second kappa shape index (κ2) is 5.85. The Morgan fingerprint density at radius 1 is 1.19 bits per heavy atom. The minimum atomic E-state index is -0.321. The standard InChI is InChI=1S/C16H16N4O/c1-11-7-8-18-14(9-11)15-19-16(21-20-15)13(17)10-12-5-3-2-4-6-12/h2-9,13H,10,17H2,1H3. The maximum atomic E-state index is 6.13. The molecule has 21 heavy (non-hydrogen) atoms. The lowest BCUT2D eigenvalue weighted by Gasteiger charge is -2.05. The molecule has 0 aliphatic heterocycles. The molecule has 0 bridgehead atoms. The number of hydrogen-bond donors (Lipinski definition) is 1. The van der Waals surface area contributed by atoms with Gasteiger partial charge in [-0.25, -0.2) is 0 Å². The molecule has 5 heteroatoms. The third-order valence-corrected chi connectivity index (χ3v) is 3.20. The van der Waals surface area contributed by atoms with Crippen molar-refractivity contribution in [1.29, 1.82) is 0 Å². The van der Waals surface area contributed by atoms with Crippen molar-refractivity contribution < 1.29 is 4.52 Å². The summed E-state index contributed by atoms with van der Waals surface area (Å²) in [6.07, 6.45) is 2.38. The first kappa shape index (κ1) is 13.5. The fraction of sp³-hybridized carbons (Fsp3) is 0.188. The minimum absolute atomic E-state index is 0.321. The number of pyridine rings is 1. The first-order valence-corrected chi connectivity index (χ1v) is 6.78. The Bertz CT molecular complexity index is 724. The number of hydrogen-bond acceptors (Lipinski definition) is 5. The van der Waals surface area contributed by atoms with Crippen LogP contribution in [0.4, 0.5) is 0 Å². The normalized spacial score (nSPS) is 12.3. The van der Waals surface area contributed by atoms with Gasteiger partial charge in [-0.05, 0) is 36.6 Å². The zero-order chi connectivity index (χ0) is 14.7. The molecule has 0 spiro atoms. The van der Waals surface area contributed by atoms with E-state index in [0.29, 0.717) is 23.8 Å². The van der Waals surface area contributed by atoms with Crippen LogP contribution in [0.2, 0.25) is 0 Å². The third-order valence-electron chi connectivity index (χ3n) is 3.20. The summed E-state index contributed by atoms with van der Waals surface area (Å²) >= 11 is 0. The molecule has 0 amide bonds. The Balaban J connectivity index is 1.78. The molecule has 1 atom stereocenters. The van der Waals surface area contributed by atoms with E-state index in [1.807, 2.05) is 49.4 Å². The Labute approximate surface area is 122 Å². The maximum absolute atomic E-state index is 6.13. The average molecular weight is 280 g/mol. The Morgan fingerprint density at radius 2 is 2.00 bits per heavy atom. The second-order valence-electron chi connectivity index (χ2n) is 4.97. The van der Waals surface area contributed by atoms with Crippen LogP contribution in [0.5, 0.6) is 0 Å². The average Bonchev–Trinajstić information content (AvgIpc) is 2.98. The van der Waals surface area contributed by atoms with Crippen molar-refractivity contribution in [3.8, 4) is 11.5 Å². The van der Waals surface area contributed by atoms with E-state index in [9.17, 15) is 0 Å². The highest BCUT2D eigenvalue weighted by Gasteiger charge is 2.16. The smallest absolute Gasteiger partial charge is 0.244 e. The highest BCUT2D eigenvalue weighted by atomic mass is 16.5. The van der Waals surface area contributed by atoms with Gasteiger partial charge >= 0.3 is 0 Å². The summed E-state index contributed by atoms with van der Waals surface area (Å²) < 4.78 is 5.27. The maximum Gasteiger partial charge on any atom is 0.244 e. The van der Waals surface area contributed by atoms with Crippen molar-refractivity contribution in [3.05, 3.63) is 65.7 Å². The lowest BCUT2D eigenvalue weighted by molar-refractivity contribution is 0.354. The predicted molar refractivity (Wildman–Crippen MR) is 79.3 cm³/mol. The van der Waals surface area contributed by atoms with Crippen LogP contribution in [-0.2, 0) is 6.42 Å². The van der Waals surface area contributed by atoms with Crippen molar-refractivity contribution in [2.45, 2.75) is 19.4 Å². The molecule has 5 nitrogen and oxygen atoms in total. The van der Waals surface area contributed by atoms with Gasteiger partial charge in [-0.2, -0.15) is 4.98 Å². The topological polar surface area (TPSA) is 77.8 Å². The molecule has 2 heterocycles. The van der Waals surface area contributed by atoms with Crippen molar-refractivity contribution in [2.24, 2.45) is 5.73 Å². The molecule has 2 N–H and O–H groups in total. The summed E-state index contributed by atoms with van der Waals surface area (Å²) in [6, 6.07) is 13.5. The van der Waals surface area contributed by atoms with Crippen LogP contribution in [0.1, 0.15) is 23.1 Å². The molecule has 0 aliphatic rings. The van der Waals surface area contributed by atoms with Crippen molar-refractivity contribution in [3.63, 3.8) is 0 Å². The van der Waals surface area contributed by atoms with Crippen LogP contribution in [-0.4, -0.2) is 15.1 Å². The van der Waals surface area contributed by atoms with Crippen LogP contribution in [0.3, 0.4) is 0 Å². The third kappa shape index (κ3) is 3.14. The summed E-state index contributed by atoms with van der Waals surface area (Å²) in [5, 5.41) is 3.96. The van der Waals surface area contributed by atoms with E-state index < -0.39 is 0 Å². The zero-order valence-electron chi connectivity index (χ0n) is 11.7. The van der Waals surface area contributed by atoms with Crippen molar-refractivity contribution in [2.75, 3.05) is 0 Å². The summed E-state index contributed by atoms with van der Waals surface area (Å²) in [4.78, 5) is 8.59. The Kier molecular flexibility index (Phi) is 3.75. The van der Waals surface area contributed by atoms with Gasteiger partial charge in [-0.1, -0.05) is 35.5 Å². The van der Waals surface area contributed by atoms with Gasteiger partial charge in [-0.3, -0.25) is 4.98 Å². The quantitative estimate of drug-likeness (QED) is 0.795. The molecular formula is C16H16N4O. The van der Waals surface area contributed by atoms with Crippen molar-refractivity contribution >= 4 is 0 Å². The molecule has 0 aliphatic carbocycles. The van der Waals surface area contributed by atoms with E-state index in [0.717, 1.165) is 11.1 Å². The second-order valence-corrected chi connectivity index (χ2v) is 4.97. The molecule has 3 rings (SSSR count). The van der Waals surface area contributed by atoms with E-state index in [2.05, 4.69) is 15.1 Å². The van der Waals surface area contributed by atoms with Crippen LogP contribution < -0.4 is 5.73 Å². The molecule has 2 aromatic heterocycles. The van der Waals surface area contributed by atoms with E-state index in [1.54, 1.807) is 6.20 Å². The summed E-state index contributed by atoms with van der Waals surface area (Å²) in [7, 11) is 0. The van der Waals surface area contributed by atoms with Crippen LogP contribution in [0.25, 0.3) is 11.5 Å². The zero-order valence-corrected chi connectivity index (χ0v) is 11.7. The highest BCUT2D eigenvalue weighted by molar-refractivity contribution is 5.49. The van der Waals surface area contributed by atoms with Gasteiger partial charge in [0.05, 0.1) is 6.04 Å². The van der Waals surface area contributed by atoms with E-state index in [-0.39, 0.29) is 6.04 Å². The van der Waals surface area contributed by atoms with Crippen LogP contribution >= 0.6 is 0 Å². The summed E-state index contributed by atoms with van der Waals surface area (Å²) in [5.41, 5.74) is 9.06. The van der Waals surface area contributed by atoms with E-state index in [4.69, 9.17) is 10.3 Å². The van der Waals surface area contributed by atoms with Gasteiger partial charge in [0, 0.05) is 6.20 Å². The lowest BCUT2D eigenvalue weighted by atomic mass is 10.1. The Morgan fingerprint density at radius 3 is 2.76 bits per heavy atom. The van der Waals surface area contributed by atoms with Gasteiger partial charge in [0.2, 0.25) is 11.7 Å². The number of nitrogens with zero attached hydrogens (tertiary/aromatic N) is 3. The number of aromatic nitrogens is 3. The predicted octanol–water partition coefficient (Wildman–Crippen LogP) is 2.68. The molecule has 1 unspecified atom stereocenters. The molecular weight excluding hydrogens is 264 g/mol. The first-order chi connectivity index (χ1) is 10.2. The van der Waals surface area contributed by atoms with Crippen LogP contribution in [0, 0.1) is 6.92 Å². The molecule has 0 saturated heterocycles. The highest BCUT2D eigenvalue weighted by Crippen LogP contribution is 2.19. The molecule has 0 saturated carbocycles. The fourth-order valence-corrected chi connectivity index (χ4v) is 2.10. The SMILES string of the molecule is Cc1ccnc(-c2noc(C(N)Cc3ccccc3)n2)c1.